The summed E-state index contributed by atoms with van der Waals surface area (Å²) in [4.78, 5) is 6.55. The molecule has 1 aromatic heterocycles. The zero-order valence-corrected chi connectivity index (χ0v) is 10.3. The fraction of sp³-hybridized carbons (Fsp3) is 0.357. The fourth-order valence-corrected chi connectivity index (χ4v) is 2.10. The normalized spacial score (nSPS) is 11.1. The molecule has 2 aromatic rings. The van der Waals surface area contributed by atoms with Gasteiger partial charge < -0.3 is 10.0 Å². The smallest absolute Gasteiger partial charge is 0.0722 e. The van der Waals surface area contributed by atoms with Crippen LogP contribution < -0.4 is 4.90 Å². The molecular weight excluding hydrogens is 212 g/mol. The number of aliphatic hydroxyl groups is 1. The number of hydrogen-bond acceptors (Lipinski definition) is 3. The number of rotatable bonds is 4. The standard InChI is InChI=1S/C14H18N2O/c1-11(2)16(9-10-17)14-7-8-15-13-6-4-3-5-12(13)14/h3-8,11,17H,9-10H2,1-2H3. The summed E-state index contributed by atoms with van der Waals surface area (Å²) in [5.41, 5.74) is 2.13. The maximum Gasteiger partial charge on any atom is 0.0722 e. The Morgan fingerprint density at radius 3 is 2.71 bits per heavy atom. The zero-order valence-electron chi connectivity index (χ0n) is 10.3. The van der Waals surface area contributed by atoms with Crippen LogP contribution in [0.2, 0.25) is 0 Å². The fourth-order valence-electron chi connectivity index (χ4n) is 2.10. The lowest BCUT2D eigenvalue weighted by atomic mass is 10.1. The molecule has 1 N–H and O–H groups in total. The van der Waals surface area contributed by atoms with Gasteiger partial charge in [0.15, 0.2) is 0 Å². The van der Waals surface area contributed by atoms with Crippen LogP contribution in [0.25, 0.3) is 10.9 Å². The van der Waals surface area contributed by atoms with Crippen LogP contribution in [0.3, 0.4) is 0 Å². The molecule has 0 bridgehead atoms. The van der Waals surface area contributed by atoms with E-state index in [9.17, 15) is 0 Å². The molecule has 0 aliphatic rings. The summed E-state index contributed by atoms with van der Waals surface area (Å²) in [5.74, 6) is 0. The Morgan fingerprint density at radius 1 is 1.24 bits per heavy atom. The van der Waals surface area contributed by atoms with Crippen molar-refractivity contribution in [2.24, 2.45) is 0 Å². The van der Waals surface area contributed by atoms with Crippen molar-refractivity contribution in [3.8, 4) is 0 Å². The van der Waals surface area contributed by atoms with Gasteiger partial charge in [-0.1, -0.05) is 18.2 Å². The quantitative estimate of drug-likeness (QED) is 0.876. The van der Waals surface area contributed by atoms with Crippen LogP contribution in [0.5, 0.6) is 0 Å². The summed E-state index contributed by atoms with van der Waals surface area (Å²) in [6, 6.07) is 10.5. The van der Waals surface area contributed by atoms with Crippen molar-refractivity contribution in [3.05, 3.63) is 36.5 Å². The Bertz CT molecular complexity index is 491. The highest BCUT2D eigenvalue weighted by atomic mass is 16.3. The molecule has 2 rings (SSSR count). The molecule has 1 heterocycles. The maximum atomic E-state index is 9.16. The first kappa shape index (κ1) is 11.9. The van der Waals surface area contributed by atoms with Crippen LogP contribution in [0, 0.1) is 0 Å². The number of nitrogens with zero attached hydrogens (tertiary/aromatic N) is 2. The second-order valence-corrected chi connectivity index (χ2v) is 4.36. The highest BCUT2D eigenvalue weighted by Gasteiger charge is 2.12. The molecule has 1 aromatic carbocycles. The topological polar surface area (TPSA) is 36.4 Å². The van der Waals surface area contributed by atoms with Crippen molar-refractivity contribution in [3.63, 3.8) is 0 Å². The molecule has 0 unspecified atom stereocenters. The predicted octanol–water partition coefficient (Wildman–Crippen LogP) is 2.44. The van der Waals surface area contributed by atoms with E-state index < -0.39 is 0 Å². The minimum atomic E-state index is 0.162. The molecule has 0 fully saturated rings. The number of fused-ring (bicyclic) bond motifs is 1. The Balaban J connectivity index is 2.52. The summed E-state index contributed by atoms with van der Waals surface area (Å²) in [6.45, 7) is 5.07. The number of hydrogen-bond donors (Lipinski definition) is 1. The Labute approximate surface area is 102 Å². The van der Waals surface area contributed by atoms with Gasteiger partial charge in [-0.3, -0.25) is 4.98 Å². The van der Waals surface area contributed by atoms with Crippen molar-refractivity contribution >= 4 is 16.6 Å². The molecule has 0 saturated carbocycles. The van der Waals surface area contributed by atoms with Gasteiger partial charge in [0.1, 0.15) is 0 Å². The van der Waals surface area contributed by atoms with Gasteiger partial charge in [0.2, 0.25) is 0 Å². The number of pyridine rings is 1. The molecule has 0 radical (unpaired) electrons. The van der Waals surface area contributed by atoms with Gasteiger partial charge in [-0.25, -0.2) is 0 Å². The Hall–Kier alpha value is -1.61. The molecule has 90 valence electrons. The number of para-hydroxylation sites is 1. The first-order chi connectivity index (χ1) is 8.24. The predicted molar refractivity (Wildman–Crippen MR) is 71.3 cm³/mol. The Morgan fingerprint density at radius 2 is 2.00 bits per heavy atom. The molecule has 0 saturated heterocycles. The van der Waals surface area contributed by atoms with Gasteiger partial charge in [-0.15, -0.1) is 0 Å². The summed E-state index contributed by atoms with van der Waals surface area (Å²) >= 11 is 0. The van der Waals surface area contributed by atoms with E-state index in [1.165, 1.54) is 0 Å². The average Bonchev–Trinajstić information content (AvgIpc) is 2.35. The summed E-state index contributed by atoms with van der Waals surface area (Å²) in [5, 5.41) is 10.3. The van der Waals surface area contributed by atoms with Crippen LogP contribution in [-0.2, 0) is 0 Å². The van der Waals surface area contributed by atoms with Crippen molar-refractivity contribution in [1.82, 2.24) is 4.98 Å². The zero-order chi connectivity index (χ0) is 12.3. The largest absolute Gasteiger partial charge is 0.395 e. The highest BCUT2D eigenvalue weighted by molar-refractivity contribution is 5.91. The van der Waals surface area contributed by atoms with E-state index in [0.29, 0.717) is 12.6 Å². The van der Waals surface area contributed by atoms with Gasteiger partial charge >= 0.3 is 0 Å². The van der Waals surface area contributed by atoms with E-state index in [4.69, 9.17) is 5.11 Å². The molecule has 0 amide bonds. The lowest BCUT2D eigenvalue weighted by molar-refractivity contribution is 0.299. The third kappa shape index (κ3) is 2.39. The van der Waals surface area contributed by atoms with Crippen LogP contribution in [0.1, 0.15) is 13.8 Å². The molecule has 0 aliphatic heterocycles. The van der Waals surface area contributed by atoms with E-state index in [1.54, 1.807) is 0 Å². The van der Waals surface area contributed by atoms with Crippen LogP contribution in [-0.4, -0.2) is 29.3 Å². The van der Waals surface area contributed by atoms with Gasteiger partial charge in [-0.2, -0.15) is 0 Å². The monoisotopic (exact) mass is 230 g/mol. The van der Waals surface area contributed by atoms with Crippen LogP contribution >= 0.6 is 0 Å². The second-order valence-electron chi connectivity index (χ2n) is 4.36. The summed E-state index contributed by atoms with van der Waals surface area (Å²) in [7, 11) is 0. The van der Waals surface area contributed by atoms with Gasteiger partial charge in [0.25, 0.3) is 0 Å². The number of aliphatic hydroxyl groups excluding tert-OH is 1. The van der Waals surface area contributed by atoms with Gasteiger partial charge in [0.05, 0.1) is 12.1 Å². The highest BCUT2D eigenvalue weighted by Crippen LogP contribution is 2.26. The molecule has 0 atom stereocenters. The van der Waals surface area contributed by atoms with E-state index in [2.05, 4.69) is 29.8 Å². The first-order valence-electron chi connectivity index (χ1n) is 5.95. The SMILES string of the molecule is CC(C)N(CCO)c1ccnc2ccccc12. The van der Waals surface area contributed by atoms with Crippen LogP contribution in [0.15, 0.2) is 36.5 Å². The lowest BCUT2D eigenvalue weighted by Crippen LogP contribution is -2.33. The maximum absolute atomic E-state index is 9.16. The number of aromatic nitrogens is 1. The molecule has 0 spiro atoms. The summed E-state index contributed by atoms with van der Waals surface area (Å²) in [6.07, 6.45) is 1.82. The van der Waals surface area contributed by atoms with Gasteiger partial charge in [-0.05, 0) is 26.0 Å². The van der Waals surface area contributed by atoms with Crippen molar-refractivity contribution in [1.29, 1.82) is 0 Å². The molecule has 0 aliphatic carbocycles. The second kappa shape index (κ2) is 5.15. The van der Waals surface area contributed by atoms with E-state index >= 15 is 0 Å². The third-order valence-corrected chi connectivity index (χ3v) is 2.90. The van der Waals surface area contributed by atoms with E-state index in [0.717, 1.165) is 16.6 Å². The molecule has 17 heavy (non-hydrogen) atoms. The molecule has 3 nitrogen and oxygen atoms in total. The number of anilines is 1. The Kier molecular flexibility index (Phi) is 3.59. The van der Waals surface area contributed by atoms with Crippen molar-refractivity contribution in [2.45, 2.75) is 19.9 Å². The van der Waals surface area contributed by atoms with Crippen molar-refractivity contribution in [2.75, 3.05) is 18.1 Å². The first-order valence-corrected chi connectivity index (χ1v) is 5.95. The number of benzene rings is 1. The lowest BCUT2D eigenvalue weighted by Gasteiger charge is -2.29. The van der Waals surface area contributed by atoms with Gasteiger partial charge in [0, 0.05) is 29.9 Å². The van der Waals surface area contributed by atoms with Crippen molar-refractivity contribution < 1.29 is 5.11 Å². The van der Waals surface area contributed by atoms with E-state index in [-0.39, 0.29) is 6.61 Å². The van der Waals surface area contributed by atoms with Crippen LogP contribution in [0.4, 0.5) is 5.69 Å². The average molecular weight is 230 g/mol. The summed E-state index contributed by atoms with van der Waals surface area (Å²) < 4.78 is 0. The third-order valence-electron chi connectivity index (χ3n) is 2.90. The van der Waals surface area contributed by atoms with E-state index in [1.807, 2.05) is 30.5 Å². The minimum absolute atomic E-state index is 0.162. The minimum Gasteiger partial charge on any atom is -0.395 e. The molecular formula is C14H18N2O. The molecule has 3 heteroatoms.